The second-order valence-electron chi connectivity index (χ2n) is 11.5. The standard InChI is InChI=1S/C29H50N10O10/c30-12-2-1-6-19(28(48)49)38-26(46)21-8-4-14-39(21)27(47)18(7-3-13-34-29(32)33)37-24(44)17(10-11-22(31)42)36-25(45)20(16-41)35-23(43)9-5-15-40/h15,17-21,41H,1-14,16,30H2,(H2,31,42)(H,35,43)(H,36,45)(H,37,44)(H,38,46)(H,48,49)(H4,32,33,34)/t17-,18-,19?,20-,21-/m0/s1. The van der Waals surface area contributed by atoms with Crippen LogP contribution in [0.1, 0.15) is 70.6 Å². The number of primary amides is 1. The van der Waals surface area contributed by atoms with E-state index in [0.29, 0.717) is 32.1 Å². The Morgan fingerprint density at radius 3 is 2.08 bits per heavy atom. The molecule has 5 atom stereocenters. The highest BCUT2D eigenvalue weighted by molar-refractivity contribution is 5.96. The number of nitrogens with one attached hydrogen (secondary N) is 4. The van der Waals surface area contributed by atoms with Crippen molar-refractivity contribution in [2.24, 2.45) is 27.9 Å². The van der Waals surface area contributed by atoms with Crippen molar-refractivity contribution in [1.29, 1.82) is 0 Å². The fourth-order valence-corrected chi connectivity index (χ4v) is 5.03. The normalized spacial score (nSPS) is 16.3. The molecule has 0 saturated carbocycles. The van der Waals surface area contributed by atoms with E-state index in [1.165, 1.54) is 4.90 Å². The maximum atomic E-state index is 13.9. The van der Waals surface area contributed by atoms with Gasteiger partial charge in [-0.3, -0.25) is 33.8 Å². The summed E-state index contributed by atoms with van der Waals surface area (Å²) in [5.41, 5.74) is 21.5. The summed E-state index contributed by atoms with van der Waals surface area (Å²) >= 11 is 0. The molecule has 0 aliphatic carbocycles. The van der Waals surface area contributed by atoms with Crippen molar-refractivity contribution in [2.75, 3.05) is 26.2 Å². The van der Waals surface area contributed by atoms with Gasteiger partial charge in [0, 0.05) is 32.4 Å². The zero-order valence-electron chi connectivity index (χ0n) is 27.4. The van der Waals surface area contributed by atoms with E-state index in [4.69, 9.17) is 22.9 Å². The Balaban J connectivity index is 3.22. The number of hydrogen-bond donors (Lipinski definition) is 10. The van der Waals surface area contributed by atoms with Crippen molar-refractivity contribution in [3.63, 3.8) is 0 Å². The number of hydrogen-bond acceptors (Lipinski definition) is 11. The molecule has 0 radical (unpaired) electrons. The highest BCUT2D eigenvalue weighted by Gasteiger charge is 2.39. The minimum absolute atomic E-state index is 0.0222. The minimum Gasteiger partial charge on any atom is -0.480 e. The summed E-state index contributed by atoms with van der Waals surface area (Å²) in [5.74, 6) is -6.18. The number of aliphatic imine (C=N–C) groups is 1. The third-order valence-electron chi connectivity index (χ3n) is 7.60. The van der Waals surface area contributed by atoms with Gasteiger partial charge in [0.25, 0.3) is 0 Å². The molecular weight excluding hydrogens is 648 g/mol. The van der Waals surface area contributed by atoms with Crippen molar-refractivity contribution >= 4 is 53.7 Å². The molecule has 49 heavy (non-hydrogen) atoms. The summed E-state index contributed by atoms with van der Waals surface area (Å²) < 4.78 is 0. The Kier molecular flexibility index (Phi) is 19.5. The van der Waals surface area contributed by atoms with Gasteiger partial charge in [0.2, 0.25) is 35.4 Å². The number of likely N-dealkylation sites (tertiary alicyclic amines) is 1. The van der Waals surface area contributed by atoms with Crippen LogP contribution >= 0.6 is 0 Å². The van der Waals surface area contributed by atoms with Crippen LogP contribution in [0.4, 0.5) is 0 Å². The van der Waals surface area contributed by atoms with E-state index < -0.39 is 78.2 Å². The van der Waals surface area contributed by atoms with Crippen LogP contribution in [0.3, 0.4) is 0 Å². The van der Waals surface area contributed by atoms with E-state index in [1.807, 2.05) is 0 Å². The van der Waals surface area contributed by atoms with Crippen LogP contribution in [-0.4, -0.2) is 125 Å². The molecule has 1 heterocycles. The first kappa shape index (κ1) is 42.2. The van der Waals surface area contributed by atoms with Crippen LogP contribution in [0.5, 0.6) is 0 Å². The van der Waals surface area contributed by atoms with Gasteiger partial charge in [0.1, 0.15) is 36.5 Å². The second-order valence-corrected chi connectivity index (χ2v) is 11.5. The molecular formula is C29H50N10O10. The number of guanidine groups is 1. The number of carbonyl (C=O) groups excluding carboxylic acids is 7. The number of unbranched alkanes of at least 4 members (excludes halogenated alkanes) is 1. The van der Waals surface area contributed by atoms with Crippen LogP contribution in [0.2, 0.25) is 0 Å². The van der Waals surface area contributed by atoms with Crippen LogP contribution < -0.4 is 44.2 Å². The van der Waals surface area contributed by atoms with Crippen LogP contribution in [0.15, 0.2) is 4.99 Å². The summed E-state index contributed by atoms with van der Waals surface area (Å²) in [6, 6.07) is -6.47. The highest BCUT2D eigenvalue weighted by atomic mass is 16.4. The molecule has 1 unspecified atom stereocenters. The highest BCUT2D eigenvalue weighted by Crippen LogP contribution is 2.20. The molecule has 20 heteroatoms. The Labute approximate surface area is 283 Å². The molecule has 14 N–H and O–H groups in total. The molecule has 1 aliphatic rings. The topological polar surface area (TPSA) is 345 Å². The Bertz CT molecular complexity index is 1200. The zero-order chi connectivity index (χ0) is 36.9. The minimum atomic E-state index is -1.51. The lowest BCUT2D eigenvalue weighted by atomic mass is 10.1. The number of carboxylic acids is 1. The average molecular weight is 699 g/mol. The number of nitrogens with two attached hydrogens (primary N) is 4. The lowest BCUT2D eigenvalue weighted by Crippen LogP contribution is -2.59. The average Bonchev–Trinajstić information content (AvgIpc) is 3.55. The third kappa shape index (κ3) is 15.7. The smallest absolute Gasteiger partial charge is 0.326 e. The van der Waals surface area contributed by atoms with Crippen molar-refractivity contribution in [2.45, 2.75) is 101 Å². The third-order valence-corrected chi connectivity index (χ3v) is 7.60. The zero-order valence-corrected chi connectivity index (χ0v) is 27.4. The van der Waals surface area contributed by atoms with Crippen molar-refractivity contribution in [3.05, 3.63) is 0 Å². The summed E-state index contributed by atoms with van der Waals surface area (Å²) in [4.78, 5) is 105. The van der Waals surface area contributed by atoms with E-state index in [-0.39, 0.29) is 70.4 Å². The SMILES string of the molecule is NCCCCC(NC(=O)[C@@H]1CCCN1C(=O)[C@H](CCCN=C(N)N)NC(=O)[C@H](CCC(N)=O)NC(=O)[C@H](CO)NC(=O)CCC=O)C(=O)O. The Hall–Kier alpha value is -4.85. The first-order valence-electron chi connectivity index (χ1n) is 16.1. The van der Waals surface area contributed by atoms with E-state index >= 15 is 0 Å². The molecule has 1 rings (SSSR count). The molecule has 6 amide bonds. The first-order valence-corrected chi connectivity index (χ1v) is 16.1. The van der Waals surface area contributed by atoms with Crippen molar-refractivity contribution < 1.29 is 48.6 Å². The molecule has 0 aromatic carbocycles. The predicted molar refractivity (Wildman–Crippen MR) is 174 cm³/mol. The molecule has 0 aromatic rings. The summed E-state index contributed by atoms with van der Waals surface area (Å²) in [7, 11) is 0. The van der Waals surface area contributed by atoms with Crippen LogP contribution in [0, 0.1) is 0 Å². The molecule has 1 aliphatic heterocycles. The van der Waals surface area contributed by atoms with E-state index in [1.54, 1.807) is 0 Å². The molecule has 1 fully saturated rings. The molecule has 1 saturated heterocycles. The van der Waals surface area contributed by atoms with Crippen LogP contribution in [-0.2, 0) is 38.4 Å². The molecule has 0 aromatic heterocycles. The van der Waals surface area contributed by atoms with Gasteiger partial charge in [-0.05, 0) is 57.9 Å². The molecule has 0 bridgehead atoms. The number of rotatable bonds is 24. The van der Waals surface area contributed by atoms with Gasteiger partial charge in [-0.2, -0.15) is 0 Å². The number of aldehydes is 1. The number of aliphatic hydroxyl groups is 1. The van der Waals surface area contributed by atoms with E-state index in [0.717, 1.165) is 0 Å². The van der Waals surface area contributed by atoms with Crippen molar-refractivity contribution in [3.8, 4) is 0 Å². The Morgan fingerprint density at radius 2 is 1.49 bits per heavy atom. The maximum absolute atomic E-state index is 13.9. The van der Waals surface area contributed by atoms with E-state index in [9.17, 15) is 48.6 Å². The van der Waals surface area contributed by atoms with Gasteiger partial charge in [-0.15, -0.1) is 0 Å². The van der Waals surface area contributed by atoms with Gasteiger partial charge >= 0.3 is 5.97 Å². The maximum Gasteiger partial charge on any atom is 0.326 e. The van der Waals surface area contributed by atoms with E-state index in [2.05, 4.69) is 26.3 Å². The monoisotopic (exact) mass is 698 g/mol. The Morgan fingerprint density at radius 1 is 0.837 bits per heavy atom. The van der Waals surface area contributed by atoms with Gasteiger partial charge < -0.3 is 64.1 Å². The fraction of sp³-hybridized carbons (Fsp3) is 0.690. The number of carbonyl (C=O) groups is 8. The number of amides is 6. The van der Waals surface area contributed by atoms with Crippen molar-refractivity contribution in [1.82, 2.24) is 26.2 Å². The number of nitrogens with zero attached hydrogens (tertiary/aromatic N) is 2. The number of aliphatic carboxylic acids is 1. The molecule has 0 spiro atoms. The molecule has 20 nitrogen and oxygen atoms in total. The van der Waals surface area contributed by atoms with Gasteiger partial charge in [-0.1, -0.05) is 0 Å². The van der Waals surface area contributed by atoms with Gasteiger partial charge in [0.15, 0.2) is 5.96 Å². The largest absolute Gasteiger partial charge is 0.480 e. The van der Waals surface area contributed by atoms with Gasteiger partial charge in [0.05, 0.1) is 6.61 Å². The molecule has 276 valence electrons. The van der Waals surface area contributed by atoms with Gasteiger partial charge in [-0.25, -0.2) is 4.79 Å². The first-order chi connectivity index (χ1) is 23.2. The number of aliphatic hydroxyl groups excluding tert-OH is 1. The van der Waals surface area contributed by atoms with Crippen LogP contribution in [0.25, 0.3) is 0 Å². The lowest BCUT2D eigenvalue weighted by Gasteiger charge is -2.30. The predicted octanol–water partition coefficient (Wildman–Crippen LogP) is -4.58. The summed E-state index contributed by atoms with van der Waals surface area (Å²) in [6.45, 7) is -0.288. The second kappa shape index (κ2) is 22.7. The lowest BCUT2D eigenvalue weighted by molar-refractivity contribution is -0.145. The summed E-state index contributed by atoms with van der Waals surface area (Å²) in [5, 5.41) is 28.9. The number of carboxylic acid groups (broad SMARTS) is 1. The quantitative estimate of drug-likeness (QED) is 0.0197. The fourth-order valence-electron chi connectivity index (χ4n) is 5.03. The summed E-state index contributed by atoms with van der Waals surface area (Å²) in [6.07, 6.45) is 1.45.